The molecule has 0 unspecified atom stereocenters. The number of aryl methyl sites for hydroxylation is 1. The van der Waals surface area contributed by atoms with Crippen LogP contribution >= 0.6 is 23.4 Å². The van der Waals surface area contributed by atoms with Crippen molar-refractivity contribution in [2.45, 2.75) is 42.8 Å². The molecule has 5 rings (SSSR count). The largest absolute Gasteiger partial charge is 0.454 e. The van der Waals surface area contributed by atoms with E-state index in [4.69, 9.17) is 31.8 Å². The van der Waals surface area contributed by atoms with Crippen LogP contribution < -0.4 is 15.2 Å². The zero-order valence-corrected chi connectivity index (χ0v) is 19.3. The van der Waals surface area contributed by atoms with Crippen LogP contribution in [0.5, 0.6) is 11.5 Å². The van der Waals surface area contributed by atoms with Crippen LogP contribution in [0.4, 0.5) is 5.82 Å². The molecule has 0 saturated carbocycles. The van der Waals surface area contributed by atoms with E-state index in [-0.39, 0.29) is 12.7 Å². The molecule has 0 radical (unpaired) electrons. The topological polar surface area (TPSA) is 95.5 Å². The summed E-state index contributed by atoms with van der Waals surface area (Å²) in [6, 6.07) is 5.61. The highest BCUT2D eigenvalue weighted by molar-refractivity contribution is 7.99. The number of imidazole rings is 1. The van der Waals surface area contributed by atoms with Crippen molar-refractivity contribution >= 4 is 46.1 Å². The average Bonchev–Trinajstić information content (AvgIpc) is 3.37. The summed E-state index contributed by atoms with van der Waals surface area (Å²) in [7, 11) is 0. The van der Waals surface area contributed by atoms with Crippen LogP contribution in [0.25, 0.3) is 11.0 Å². The Morgan fingerprint density at radius 2 is 2.03 bits per heavy atom. The molecule has 0 aliphatic carbocycles. The minimum atomic E-state index is 0.159. The summed E-state index contributed by atoms with van der Waals surface area (Å²) in [4.78, 5) is 23.4. The SMILES string of the molecule is CC(=O)N1CCC(CCn2c(Sc3cc4c(cc3Cl)OCO4)nc3c(N)nccc32)CC1. The second-order valence-corrected chi connectivity index (χ2v) is 9.50. The number of amides is 1. The molecule has 1 fully saturated rings. The number of halogens is 1. The second-order valence-electron chi connectivity index (χ2n) is 8.09. The summed E-state index contributed by atoms with van der Waals surface area (Å²) in [6.45, 7) is 4.30. The molecule has 0 bridgehead atoms. The van der Waals surface area contributed by atoms with E-state index in [0.717, 1.165) is 54.5 Å². The number of nitrogen functional groups attached to an aromatic ring is 1. The van der Waals surface area contributed by atoms with Crippen molar-refractivity contribution in [2.75, 3.05) is 25.6 Å². The summed E-state index contributed by atoms with van der Waals surface area (Å²) in [5.41, 5.74) is 7.77. The van der Waals surface area contributed by atoms with Gasteiger partial charge in [-0.2, -0.15) is 0 Å². The molecule has 2 aliphatic heterocycles. The predicted molar refractivity (Wildman–Crippen MR) is 123 cm³/mol. The van der Waals surface area contributed by atoms with Crippen LogP contribution in [-0.4, -0.2) is 45.2 Å². The fourth-order valence-corrected chi connectivity index (χ4v) is 5.49. The normalized spacial score (nSPS) is 16.1. The Balaban J connectivity index is 1.40. The Morgan fingerprint density at radius 1 is 1.28 bits per heavy atom. The molecule has 4 heterocycles. The van der Waals surface area contributed by atoms with E-state index in [1.807, 2.05) is 17.0 Å². The molecule has 168 valence electrons. The number of nitrogens with zero attached hydrogens (tertiary/aromatic N) is 4. The Morgan fingerprint density at radius 3 is 2.78 bits per heavy atom. The Labute approximate surface area is 195 Å². The number of anilines is 1. The van der Waals surface area contributed by atoms with Crippen molar-refractivity contribution in [3.8, 4) is 11.5 Å². The molecule has 32 heavy (non-hydrogen) atoms. The minimum Gasteiger partial charge on any atom is -0.454 e. The van der Waals surface area contributed by atoms with Gasteiger partial charge in [0.15, 0.2) is 22.5 Å². The smallest absolute Gasteiger partial charge is 0.231 e. The molecule has 1 aromatic carbocycles. The highest BCUT2D eigenvalue weighted by atomic mass is 35.5. The van der Waals surface area contributed by atoms with E-state index in [1.165, 1.54) is 11.8 Å². The average molecular weight is 474 g/mol. The molecule has 3 aromatic rings. The van der Waals surface area contributed by atoms with Crippen LogP contribution in [0.15, 0.2) is 34.4 Å². The van der Waals surface area contributed by atoms with Gasteiger partial charge in [0.05, 0.1) is 10.5 Å². The first-order valence-electron chi connectivity index (χ1n) is 10.6. The maximum absolute atomic E-state index is 11.6. The van der Waals surface area contributed by atoms with E-state index < -0.39 is 0 Å². The van der Waals surface area contributed by atoms with Gasteiger partial charge in [-0.25, -0.2) is 9.97 Å². The molecule has 2 aromatic heterocycles. The Hall–Kier alpha value is -2.65. The van der Waals surface area contributed by atoms with Gasteiger partial charge in [0.2, 0.25) is 12.7 Å². The summed E-state index contributed by atoms with van der Waals surface area (Å²) >= 11 is 8.00. The molecular weight excluding hydrogens is 450 g/mol. The number of pyridine rings is 1. The fraction of sp³-hybridized carbons (Fsp3) is 0.409. The number of likely N-dealkylation sites (tertiary alicyclic amines) is 1. The van der Waals surface area contributed by atoms with Crippen molar-refractivity contribution in [1.82, 2.24) is 19.4 Å². The third kappa shape index (κ3) is 4.06. The standard InChI is InChI=1S/C22H24ClN5O3S/c1-13(29)27-7-3-14(4-8-27)5-9-28-16-2-6-25-21(24)20(16)26-22(28)32-19-11-18-17(10-15(19)23)30-12-31-18/h2,6,10-11,14H,3-5,7-9,12H2,1H3,(H2,24,25). The second kappa shape index (κ2) is 8.71. The van der Waals surface area contributed by atoms with Crippen molar-refractivity contribution in [2.24, 2.45) is 5.92 Å². The summed E-state index contributed by atoms with van der Waals surface area (Å²) < 4.78 is 13.1. The van der Waals surface area contributed by atoms with Gasteiger partial charge in [0.25, 0.3) is 0 Å². The number of ether oxygens (including phenoxy) is 2. The molecule has 0 atom stereocenters. The number of rotatable bonds is 5. The third-order valence-electron chi connectivity index (χ3n) is 6.11. The minimum absolute atomic E-state index is 0.159. The first-order chi connectivity index (χ1) is 15.5. The first kappa shape index (κ1) is 21.2. The zero-order valence-electron chi connectivity index (χ0n) is 17.7. The molecule has 0 spiro atoms. The van der Waals surface area contributed by atoms with Gasteiger partial charge in [-0.1, -0.05) is 11.6 Å². The van der Waals surface area contributed by atoms with Crippen molar-refractivity contribution in [3.05, 3.63) is 29.4 Å². The predicted octanol–water partition coefficient (Wildman–Crippen LogP) is 4.20. The molecule has 2 aliphatic rings. The van der Waals surface area contributed by atoms with Crippen molar-refractivity contribution in [3.63, 3.8) is 0 Å². The van der Waals surface area contributed by atoms with Gasteiger partial charge in [-0.05, 0) is 49.1 Å². The third-order valence-corrected chi connectivity index (χ3v) is 7.59. The van der Waals surface area contributed by atoms with Gasteiger partial charge >= 0.3 is 0 Å². The van der Waals surface area contributed by atoms with Gasteiger partial charge < -0.3 is 24.7 Å². The van der Waals surface area contributed by atoms with Crippen molar-refractivity contribution < 1.29 is 14.3 Å². The summed E-state index contributed by atoms with van der Waals surface area (Å²) in [5.74, 6) is 2.46. The van der Waals surface area contributed by atoms with Gasteiger partial charge in [-0.15, -0.1) is 0 Å². The highest BCUT2D eigenvalue weighted by Crippen LogP contribution is 2.43. The zero-order chi connectivity index (χ0) is 22.2. The molecule has 1 saturated heterocycles. The Bertz CT molecular complexity index is 1180. The number of benzene rings is 1. The van der Waals surface area contributed by atoms with Gasteiger partial charge in [0, 0.05) is 43.7 Å². The van der Waals surface area contributed by atoms with Crippen LogP contribution in [0.1, 0.15) is 26.2 Å². The monoisotopic (exact) mass is 473 g/mol. The van der Waals surface area contributed by atoms with Crippen molar-refractivity contribution in [1.29, 1.82) is 0 Å². The van der Waals surface area contributed by atoms with E-state index in [2.05, 4.69) is 9.55 Å². The number of piperidine rings is 1. The van der Waals surface area contributed by atoms with E-state index >= 15 is 0 Å². The Kier molecular flexibility index (Phi) is 5.77. The lowest BCUT2D eigenvalue weighted by Crippen LogP contribution is -2.37. The van der Waals surface area contributed by atoms with Crippen LogP contribution in [0.3, 0.4) is 0 Å². The van der Waals surface area contributed by atoms with Gasteiger partial charge in [0.1, 0.15) is 5.52 Å². The molecule has 1 amide bonds. The van der Waals surface area contributed by atoms with Crippen LogP contribution in [0.2, 0.25) is 5.02 Å². The number of aromatic nitrogens is 3. The maximum Gasteiger partial charge on any atom is 0.231 e. The number of nitrogens with two attached hydrogens (primary N) is 1. The number of fused-ring (bicyclic) bond motifs is 2. The summed E-state index contributed by atoms with van der Waals surface area (Å²) in [5, 5.41) is 1.39. The summed E-state index contributed by atoms with van der Waals surface area (Å²) in [6.07, 6.45) is 4.75. The lowest BCUT2D eigenvalue weighted by atomic mass is 9.93. The molecule has 8 nitrogen and oxygen atoms in total. The first-order valence-corrected chi connectivity index (χ1v) is 11.8. The maximum atomic E-state index is 11.6. The molecular formula is C22H24ClN5O3S. The quantitative estimate of drug-likeness (QED) is 0.593. The lowest BCUT2D eigenvalue weighted by Gasteiger charge is -2.31. The number of carbonyl (C=O) groups excluding carboxylic acids is 1. The van der Waals surface area contributed by atoms with Crippen LogP contribution in [0, 0.1) is 5.92 Å². The lowest BCUT2D eigenvalue weighted by molar-refractivity contribution is -0.130. The number of carbonyl (C=O) groups is 1. The molecule has 10 heteroatoms. The highest BCUT2D eigenvalue weighted by Gasteiger charge is 2.23. The van der Waals surface area contributed by atoms with Crippen LogP contribution in [-0.2, 0) is 11.3 Å². The van der Waals surface area contributed by atoms with E-state index in [0.29, 0.717) is 33.8 Å². The van der Waals surface area contributed by atoms with E-state index in [9.17, 15) is 4.79 Å². The fourth-order valence-electron chi connectivity index (χ4n) is 4.27. The van der Waals surface area contributed by atoms with Gasteiger partial charge in [-0.3, -0.25) is 4.79 Å². The number of hydrogen-bond acceptors (Lipinski definition) is 7. The number of hydrogen-bond donors (Lipinski definition) is 1. The van der Waals surface area contributed by atoms with E-state index in [1.54, 1.807) is 19.2 Å². The molecule has 2 N–H and O–H groups in total.